The fourth-order valence-corrected chi connectivity index (χ4v) is 4.88. The highest BCUT2D eigenvalue weighted by Gasteiger charge is 2.44. The molecule has 4 N–H and O–H groups in total. The molecule has 2 atom stereocenters. The minimum atomic E-state index is -0.998. The second kappa shape index (κ2) is 12.9. The smallest absolute Gasteiger partial charge is 0.246 e. The molecule has 0 radical (unpaired) electrons. The summed E-state index contributed by atoms with van der Waals surface area (Å²) in [6.45, 7) is 9.17. The van der Waals surface area contributed by atoms with Crippen molar-refractivity contribution in [3.05, 3.63) is 35.9 Å². The number of nitrogens with one attached hydrogen (secondary N) is 4. The van der Waals surface area contributed by atoms with E-state index < -0.39 is 17.6 Å². The van der Waals surface area contributed by atoms with Crippen molar-refractivity contribution in [3.8, 4) is 5.75 Å². The topological polar surface area (TPSA) is 109 Å². The van der Waals surface area contributed by atoms with Crippen LogP contribution in [0.2, 0.25) is 0 Å². The summed E-state index contributed by atoms with van der Waals surface area (Å²) in [6.07, 6.45) is 7.26. The SMILES string of the molecule is CC(C)C[C@@H]1NCCOc2ccccc2/C=C\CNC(=O)[C@H](C(C)C)NC(=O)C2(CCCC2)NC1=O. The second-order valence-corrected chi connectivity index (χ2v) is 10.6. The van der Waals surface area contributed by atoms with Crippen molar-refractivity contribution in [2.75, 3.05) is 19.7 Å². The summed E-state index contributed by atoms with van der Waals surface area (Å²) >= 11 is 0. The van der Waals surface area contributed by atoms with E-state index in [-0.39, 0.29) is 23.6 Å². The standard InChI is InChI=1S/C28H42N4O4/c1-19(2)18-22-25(33)32-28(13-7-8-14-28)27(35)31-24(20(3)4)26(34)30-15-9-11-21-10-5-6-12-23(21)36-17-16-29-22/h5-6,9-12,19-20,22,24,29H,7-8,13-18H2,1-4H3,(H,30,34)(H,31,35)(H,32,33)/b11-9-/t22-,24-/m0/s1. The summed E-state index contributed by atoms with van der Waals surface area (Å²) in [7, 11) is 0. The predicted molar refractivity (Wildman–Crippen MR) is 141 cm³/mol. The third-order valence-electron chi connectivity index (χ3n) is 6.87. The summed E-state index contributed by atoms with van der Waals surface area (Å²) in [5.74, 6) is 0.218. The van der Waals surface area contributed by atoms with Gasteiger partial charge in [0.25, 0.3) is 0 Å². The van der Waals surface area contributed by atoms with Crippen LogP contribution >= 0.6 is 0 Å². The van der Waals surface area contributed by atoms with E-state index in [1.807, 2.05) is 50.3 Å². The third kappa shape index (κ3) is 7.32. The quantitative estimate of drug-likeness (QED) is 0.513. The Morgan fingerprint density at radius 2 is 1.75 bits per heavy atom. The number of hydrogen-bond acceptors (Lipinski definition) is 5. The maximum Gasteiger partial charge on any atom is 0.246 e. The minimum absolute atomic E-state index is 0.109. The van der Waals surface area contributed by atoms with Gasteiger partial charge in [-0.1, -0.05) is 70.9 Å². The van der Waals surface area contributed by atoms with Crippen molar-refractivity contribution in [1.29, 1.82) is 0 Å². The van der Waals surface area contributed by atoms with Crippen LogP contribution in [-0.2, 0) is 14.4 Å². The van der Waals surface area contributed by atoms with E-state index in [9.17, 15) is 14.4 Å². The molecule has 36 heavy (non-hydrogen) atoms. The molecular formula is C28H42N4O4. The van der Waals surface area contributed by atoms with Crippen LogP contribution in [0.3, 0.4) is 0 Å². The number of benzene rings is 1. The van der Waals surface area contributed by atoms with Crippen LogP contribution in [0, 0.1) is 11.8 Å². The number of hydrogen-bond donors (Lipinski definition) is 4. The number of amides is 3. The molecule has 1 aromatic carbocycles. The number of para-hydroxylation sites is 1. The Balaban J connectivity index is 1.88. The summed E-state index contributed by atoms with van der Waals surface area (Å²) in [6, 6.07) is 6.56. The van der Waals surface area contributed by atoms with E-state index in [2.05, 4.69) is 35.1 Å². The second-order valence-electron chi connectivity index (χ2n) is 10.6. The molecule has 2 aliphatic rings. The van der Waals surface area contributed by atoms with Crippen molar-refractivity contribution < 1.29 is 19.1 Å². The lowest BCUT2D eigenvalue weighted by Gasteiger charge is -2.34. The monoisotopic (exact) mass is 498 g/mol. The van der Waals surface area contributed by atoms with Crippen LogP contribution < -0.4 is 26.0 Å². The molecule has 0 saturated heterocycles. The molecule has 0 bridgehead atoms. The average molecular weight is 499 g/mol. The molecule has 3 amide bonds. The lowest BCUT2D eigenvalue weighted by atomic mass is 9.92. The molecule has 8 heteroatoms. The maximum absolute atomic E-state index is 13.5. The number of carbonyl (C=O) groups excluding carboxylic acids is 3. The number of fused-ring (bicyclic) bond motifs is 1. The molecular weight excluding hydrogens is 456 g/mol. The van der Waals surface area contributed by atoms with E-state index >= 15 is 0 Å². The Morgan fingerprint density at radius 3 is 2.44 bits per heavy atom. The van der Waals surface area contributed by atoms with E-state index in [1.54, 1.807) is 0 Å². The molecule has 1 aromatic rings. The summed E-state index contributed by atoms with van der Waals surface area (Å²) in [5, 5.41) is 12.3. The molecule has 1 spiro atoms. The molecule has 1 aliphatic carbocycles. The highest BCUT2D eigenvalue weighted by atomic mass is 16.5. The number of ether oxygens (including phenoxy) is 1. The zero-order chi connectivity index (χ0) is 26.1. The molecule has 1 saturated carbocycles. The first-order valence-corrected chi connectivity index (χ1v) is 13.2. The van der Waals surface area contributed by atoms with Gasteiger partial charge in [0.2, 0.25) is 17.7 Å². The van der Waals surface area contributed by atoms with Crippen molar-refractivity contribution in [1.82, 2.24) is 21.3 Å². The lowest BCUT2D eigenvalue weighted by molar-refractivity contribution is -0.137. The van der Waals surface area contributed by atoms with E-state index in [4.69, 9.17) is 4.74 Å². The highest BCUT2D eigenvalue weighted by Crippen LogP contribution is 2.31. The largest absolute Gasteiger partial charge is 0.492 e. The van der Waals surface area contributed by atoms with Crippen molar-refractivity contribution in [3.63, 3.8) is 0 Å². The van der Waals surface area contributed by atoms with Crippen LogP contribution in [0.5, 0.6) is 5.75 Å². The van der Waals surface area contributed by atoms with Gasteiger partial charge >= 0.3 is 0 Å². The fraction of sp³-hybridized carbons (Fsp3) is 0.607. The third-order valence-corrected chi connectivity index (χ3v) is 6.87. The Hall–Kier alpha value is -2.87. The summed E-state index contributed by atoms with van der Waals surface area (Å²) in [4.78, 5) is 40.0. The fourth-order valence-electron chi connectivity index (χ4n) is 4.88. The van der Waals surface area contributed by atoms with Crippen molar-refractivity contribution in [2.45, 2.75) is 77.4 Å². The lowest BCUT2D eigenvalue weighted by Crippen LogP contribution is -2.63. The van der Waals surface area contributed by atoms with Gasteiger partial charge in [-0.25, -0.2) is 0 Å². The van der Waals surface area contributed by atoms with Gasteiger partial charge in [-0.3, -0.25) is 14.4 Å². The zero-order valence-corrected chi connectivity index (χ0v) is 22.1. The van der Waals surface area contributed by atoms with Gasteiger partial charge in [0, 0.05) is 18.7 Å². The first-order chi connectivity index (χ1) is 17.2. The van der Waals surface area contributed by atoms with Gasteiger partial charge in [0.05, 0.1) is 6.04 Å². The molecule has 1 aliphatic heterocycles. The first-order valence-electron chi connectivity index (χ1n) is 13.2. The van der Waals surface area contributed by atoms with Crippen LogP contribution in [-0.4, -0.2) is 55.0 Å². The predicted octanol–water partition coefficient (Wildman–Crippen LogP) is 2.78. The average Bonchev–Trinajstić information content (AvgIpc) is 3.31. The van der Waals surface area contributed by atoms with Crippen LogP contribution in [0.1, 0.15) is 65.4 Å². The first kappa shape index (κ1) is 27.7. The van der Waals surface area contributed by atoms with Crippen LogP contribution in [0.25, 0.3) is 6.08 Å². The van der Waals surface area contributed by atoms with Gasteiger partial charge in [-0.05, 0) is 37.2 Å². The number of carbonyl (C=O) groups is 3. The minimum Gasteiger partial charge on any atom is -0.492 e. The van der Waals surface area contributed by atoms with Gasteiger partial charge < -0.3 is 26.0 Å². The van der Waals surface area contributed by atoms with Crippen LogP contribution in [0.15, 0.2) is 30.3 Å². The maximum atomic E-state index is 13.5. The number of rotatable bonds is 3. The van der Waals surface area contributed by atoms with Gasteiger partial charge in [0.1, 0.15) is 23.9 Å². The van der Waals surface area contributed by atoms with E-state index in [1.165, 1.54) is 0 Å². The van der Waals surface area contributed by atoms with Crippen molar-refractivity contribution in [2.24, 2.45) is 11.8 Å². The Kier molecular flexibility index (Phi) is 9.93. The zero-order valence-electron chi connectivity index (χ0n) is 22.1. The van der Waals surface area contributed by atoms with E-state index in [0.29, 0.717) is 44.9 Å². The van der Waals surface area contributed by atoms with Gasteiger partial charge in [-0.15, -0.1) is 0 Å². The van der Waals surface area contributed by atoms with Crippen molar-refractivity contribution >= 4 is 23.8 Å². The van der Waals surface area contributed by atoms with E-state index in [0.717, 1.165) is 24.2 Å². The summed E-state index contributed by atoms with van der Waals surface area (Å²) in [5.41, 5.74) is -0.0939. The Morgan fingerprint density at radius 1 is 1.03 bits per heavy atom. The molecule has 0 aromatic heterocycles. The molecule has 3 rings (SSSR count). The summed E-state index contributed by atoms with van der Waals surface area (Å²) < 4.78 is 6.00. The van der Waals surface area contributed by atoms with Gasteiger partial charge in [-0.2, -0.15) is 0 Å². The Bertz CT molecular complexity index is 937. The molecule has 198 valence electrons. The van der Waals surface area contributed by atoms with Crippen LogP contribution in [0.4, 0.5) is 0 Å². The Labute approximate surface area is 215 Å². The highest BCUT2D eigenvalue weighted by molar-refractivity contribution is 5.96. The molecule has 8 nitrogen and oxygen atoms in total. The normalized spacial score (nSPS) is 24.8. The van der Waals surface area contributed by atoms with Gasteiger partial charge in [0.15, 0.2) is 0 Å². The molecule has 1 heterocycles. The molecule has 0 unspecified atom stereocenters. The molecule has 1 fully saturated rings.